The Labute approximate surface area is 128 Å². The van der Waals surface area contributed by atoms with Crippen molar-refractivity contribution in [2.45, 2.75) is 26.4 Å². The first-order valence-electron chi connectivity index (χ1n) is 7.80. The molecule has 1 aliphatic rings. The molecule has 0 bridgehead atoms. The van der Waals surface area contributed by atoms with Crippen LogP contribution in [0.4, 0.5) is 0 Å². The average molecular weight is 293 g/mol. The molecule has 1 heterocycles. The van der Waals surface area contributed by atoms with Gasteiger partial charge in [-0.25, -0.2) is 0 Å². The average Bonchev–Trinajstić information content (AvgIpc) is 2.93. The number of benzene rings is 1. The Morgan fingerprint density at radius 2 is 2.05 bits per heavy atom. The summed E-state index contributed by atoms with van der Waals surface area (Å²) in [6.45, 7) is 8.51. The minimum absolute atomic E-state index is 0.153. The quantitative estimate of drug-likeness (QED) is 0.737. The predicted octanol–water partition coefficient (Wildman–Crippen LogP) is 2.82. The second kappa shape index (κ2) is 8.25. The van der Waals surface area contributed by atoms with Crippen molar-refractivity contribution >= 4 is 0 Å². The molecule has 0 spiro atoms. The van der Waals surface area contributed by atoms with E-state index in [4.69, 9.17) is 14.2 Å². The van der Waals surface area contributed by atoms with Gasteiger partial charge in [-0.2, -0.15) is 0 Å². The molecule has 21 heavy (non-hydrogen) atoms. The van der Waals surface area contributed by atoms with E-state index in [0.29, 0.717) is 12.5 Å². The number of hydrogen-bond donors (Lipinski definition) is 0. The van der Waals surface area contributed by atoms with Gasteiger partial charge in [-0.1, -0.05) is 12.1 Å². The monoisotopic (exact) mass is 293 g/mol. The lowest BCUT2D eigenvalue weighted by Gasteiger charge is -2.20. The van der Waals surface area contributed by atoms with Crippen LogP contribution in [0.25, 0.3) is 0 Å². The van der Waals surface area contributed by atoms with Gasteiger partial charge in [0.15, 0.2) is 11.5 Å². The van der Waals surface area contributed by atoms with E-state index in [1.807, 2.05) is 38.1 Å². The normalized spacial score (nSPS) is 18.4. The van der Waals surface area contributed by atoms with Gasteiger partial charge in [0.2, 0.25) is 0 Å². The molecule has 1 aromatic carbocycles. The molecule has 0 N–H and O–H groups in total. The minimum atomic E-state index is 0.153. The van der Waals surface area contributed by atoms with Gasteiger partial charge >= 0.3 is 0 Å². The summed E-state index contributed by atoms with van der Waals surface area (Å²) in [4.78, 5) is 2.31. The lowest BCUT2D eigenvalue weighted by molar-refractivity contribution is 0.165. The molecule has 118 valence electrons. The van der Waals surface area contributed by atoms with Crippen molar-refractivity contribution in [2.75, 3.05) is 40.0 Å². The number of para-hydroxylation sites is 2. The second-order valence-electron chi connectivity index (χ2n) is 5.95. The van der Waals surface area contributed by atoms with E-state index in [1.165, 1.54) is 6.42 Å². The summed E-state index contributed by atoms with van der Waals surface area (Å²) in [6.07, 6.45) is 1.33. The van der Waals surface area contributed by atoms with E-state index in [-0.39, 0.29) is 6.10 Å². The third-order valence-corrected chi connectivity index (χ3v) is 3.54. The molecular weight excluding hydrogens is 266 g/mol. The molecule has 2 rings (SSSR count). The maximum absolute atomic E-state index is 5.88. The van der Waals surface area contributed by atoms with Crippen molar-refractivity contribution in [3.05, 3.63) is 24.3 Å². The smallest absolute Gasteiger partial charge is 0.161 e. The Balaban J connectivity index is 1.74. The van der Waals surface area contributed by atoms with Crippen LogP contribution < -0.4 is 9.47 Å². The lowest BCUT2D eigenvalue weighted by Crippen LogP contribution is -2.30. The van der Waals surface area contributed by atoms with Gasteiger partial charge in [0, 0.05) is 19.7 Å². The zero-order valence-corrected chi connectivity index (χ0v) is 13.4. The Bertz CT molecular complexity index is 416. The number of rotatable bonds is 8. The maximum Gasteiger partial charge on any atom is 0.161 e. The Morgan fingerprint density at radius 3 is 2.71 bits per heavy atom. The molecule has 0 amide bonds. The number of likely N-dealkylation sites (N-methyl/N-ethyl adjacent to an activating group) is 1. The van der Waals surface area contributed by atoms with E-state index in [0.717, 1.165) is 37.8 Å². The van der Waals surface area contributed by atoms with Gasteiger partial charge in [0.05, 0.1) is 12.7 Å². The first-order valence-corrected chi connectivity index (χ1v) is 7.80. The van der Waals surface area contributed by atoms with Gasteiger partial charge < -0.3 is 19.1 Å². The van der Waals surface area contributed by atoms with Gasteiger partial charge in [0.25, 0.3) is 0 Å². The molecule has 1 aromatic rings. The second-order valence-corrected chi connectivity index (χ2v) is 5.95. The molecular formula is C17H27NO3. The SMILES string of the molecule is CC(C)Oc1ccccc1OCCN(C)CC1CCOC1. The predicted molar refractivity (Wildman–Crippen MR) is 84.1 cm³/mol. The highest BCUT2D eigenvalue weighted by Gasteiger charge is 2.17. The molecule has 0 saturated carbocycles. The van der Waals surface area contributed by atoms with Crippen molar-refractivity contribution < 1.29 is 14.2 Å². The summed E-state index contributed by atoms with van der Waals surface area (Å²) in [5, 5.41) is 0. The number of nitrogens with zero attached hydrogens (tertiary/aromatic N) is 1. The first-order chi connectivity index (χ1) is 10.1. The number of hydrogen-bond acceptors (Lipinski definition) is 4. The van der Waals surface area contributed by atoms with Crippen LogP contribution in [0.3, 0.4) is 0 Å². The highest BCUT2D eigenvalue weighted by Crippen LogP contribution is 2.27. The fraction of sp³-hybridized carbons (Fsp3) is 0.647. The fourth-order valence-corrected chi connectivity index (χ4v) is 2.49. The first kappa shape index (κ1) is 16.1. The molecule has 0 aliphatic carbocycles. The van der Waals surface area contributed by atoms with Crippen LogP contribution in [0.5, 0.6) is 11.5 Å². The van der Waals surface area contributed by atoms with Crippen molar-refractivity contribution in [2.24, 2.45) is 5.92 Å². The molecule has 1 fully saturated rings. The largest absolute Gasteiger partial charge is 0.488 e. The standard InChI is InChI=1S/C17H27NO3/c1-14(2)21-17-7-5-4-6-16(17)20-11-9-18(3)12-15-8-10-19-13-15/h4-7,14-15H,8-13H2,1-3H3. The third kappa shape index (κ3) is 5.56. The Morgan fingerprint density at radius 1 is 1.29 bits per heavy atom. The highest BCUT2D eigenvalue weighted by molar-refractivity contribution is 5.39. The van der Waals surface area contributed by atoms with Crippen LogP contribution >= 0.6 is 0 Å². The summed E-state index contributed by atoms with van der Waals surface area (Å²) in [7, 11) is 2.14. The minimum Gasteiger partial charge on any atom is -0.488 e. The van der Waals surface area contributed by atoms with Crippen LogP contribution in [0.15, 0.2) is 24.3 Å². The summed E-state index contributed by atoms with van der Waals surface area (Å²) in [6, 6.07) is 7.86. The van der Waals surface area contributed by atoms with Crippen molar-refractivity contribution in [1.29, 1.82) is 0 Å². The summed E-state index contributed by atoms with van der Waals surface area (Å²) in [5.74, 6) is 2.31. The Hall–Kier alpha value is -1.26. The van der Waals surface area contributed by atoms with Crippen LogP contribution in [-0.4, -0.2) is 51.0 Å². The molecule has 4 nitrogen and oxygen atoms in total. The zero-order chi connectivity index (χ0) is 15.1. The summed E-state index contributed by atoms with van der Waals surface area (Å²) in [5.41, 5.74) is 0. The van der Waals surface area contributed by atoms with Crippen LogP contribution in [0.1, 0.15) is 20.3 Å². The van der Waals surface area contributed by atoms with E-state index in [2.05, 4.69) is 11.9 Å². The highest BCUT2D eigenvalue weighted by atomic mass is 16.5. The molecule has 1 saturated heterocycles. The molecule has 0 radical (unpaired) electrons. The molecule has 1 aliphatic heterocycles. The van der Waals surface area contributed by atoms with E-state index in [1.54, 1.807) is 0 Å². The summed E-state index contributed by atoms with van der Waals surface area (Å²) >= 11 is 0. The maximum atomic E-state index is 5.88. The van der Waals surface area contributed by atoms with Crippen LogP contribution in [-0.2, 0) is 4.74 Å². The van der Waals surface area contributed by atoms with Crippen molar-refractivity contribution in [3.63, 3.8) is 0 Å². The molecule has 4 heteroatoms. The number of ether oxygens (including phenoxy) is 3. The Kier molecular flexibility index (Phi) is 6.33. The van der Waals surface area contributed by atoms with Crippen molar-refractivity contribution in [1.82, 2.24) is 4.90 Å². The van der Waals surface area contributed by atoms with Gasteiger partial charge in [-0.3, -0.25) is 0 Å². The van der Waals surface area contributed by atoms with Gasteiger partial charge in [0.1, 0.15) is 6.61 Å². The van der Waals surface area contributed by atoms with Gasteiger partial charge in [-0.15, -0.1) is 0 Å². The van der Waals surface area contributed by atoms with Crippen molar-refractivity contribution in [3.8, 4) is 11.5 Å². The van der Waals surface area contributed by atoms with E-state index >= 15 is 0 Å². The molecule has 0 aromatic heterocycles. The molecule has 1 unspecified atom stereocenters. The van der Waals surface area contributed by atoms with Crippen LogP contribution in [0, 0.1) is 5.92 Å². The third-order valence-electron chi connectivity index (χ3n) is 3.54. The van der Waals surface area contributed by atoms with Crippen LogP contribution in [0.2, 0.25) is 0 Å². The fourth-order valence-electron chi connectivity index (χ4n) is 2.49. The van der Waals surface area contributed by atoms with E-state index < -0.39 is 0 Å². The lowest BCUT2D eigenvalue weighted by atomic mass is 10.1. The summed E-state index contributed by atoms with van der Waals surface area (Å²) < 4.78 is 17.0. The molecule has 1 atom stereocenters. The topological polar surface area (TPSA) is 30.9 Å². The van der Waals surface area contributed by atoms with E-state index in [9.17, 15) is 0 Å². The zero-order valence-electron chi connectivity index (χ0n) is 13.4. The van der Waals surface area contributed by atoms with Gasteiger partial charge in [-0.05, 0) is 45.4 Å².